The van der Waals surface area contributed by atoms with Crippen molar-refractivity contribution >= 4 is 11.9 Å². The average Bonchev–Trinajstić information content (AvgIpc) is 2.58. The molecule has 0 spiro atoms. The van der Waals surface area contributed by atoms with Crippen molar-refractivity contribution in [3.63, 3.8) is 0 Å². The van der Waals surface area contributed by atoms with Gasteiger partial charge >= 0.3 is 41.5 Å². The first-order chi connectivity index (χ1) is 12.1. The molecule has 4 nitrogen and oxygen atoms in total. The predicted molar refractivity (Wildman–Crippen MR) is 102 cm³/mol. The summed E-state index contributed by atoms with van der Waals surface area (Å²) in [5, 5.41) is 8.95. The van der Waals surface area contributed by atoms with E-state index in [9.17, 15) is 9.59 Å². The van der Waals surface area contributed by atoms with Crippen molar-refractivity contribution in [3.05, 3.63) is 0 Å². The zero-order valence-corrected chi connectivity index (χ0v) is 19.6. The van der Waals surface area contributed by atoms with E-state index in [0.29, 0.717) is 0 Å². The van der Waals surface area contributed by atoms with Crippen molar-refractivity contribution < 1.29 is 49.0 Å². The number of aliphatic hydroxyl groups is 1. The van der Waals surface area contributed by atoms with Crippen LogP contribution in [0.25, 0.3) is 0 Å². The summed E-state index contributed by atoms with van der Waals surface area (Å²) < 4.78 is 4.50. The van der Waals surface area contributed by atoms with E-state index in [1.54, 1.807) is 0 Å². The summed E-state index contributed by atoms with van der Waals surface area (Å²) in [7, 11) is 0. The molecule has 1 atom stereocenters. The van der Waals surface area contributed by atoms with Crippen LogP contribution in [0, 0.1) is 0 Å². The molecule has 0 rings (SSSR count). The number of hydrogen-bond donors (Lipinski definition) is 1. The molecule has 148 valence electrons. The van der Waals surface area contributed by atoms with Crippen LogP contribution in [0.3, 0.4) is 0 Å². The molecule has 0 amide bonds. The van der Waals surface area contributed by atoms with Crippen LogP contribution in [0.15, 0.2) is 0 Å². The average molecular weight is 380 g/mol. The maximum atomic E-state index is 11.3. The third kappa shape index (κ3) is 20.4. The van der Waals surface area contributed by atoms with E-state index in [-0.39, 0.29) is 36.0 Å². The van der Waals surface area contributed by atoms with Crippen LogP contribution in [-0.4, -0.2) is 23.1 Å². The summed E-state index contributed by atoms with van der Waals surface area (Å²) in [6.07, 6.45) is 18.2. The van der Waals surface area contributed by atoms with Gasteiger partial charge in [0.25, 0.3) is 0 Å². The Labute approximate surface area is 183 Å². The Morgan fingerprint density at radius 1 is 0.731 bits per heavy atom. The molecule has 0 aliphatic heterocycles. The molecular weight excluding hydrogens is 339 g/mol. The molecule has 0 saturated heterocycles. The van der Waals surface area contributed by atoms with E-state index in [2.05, 4.69) is 11.7 Å². The number of carbonyl (C=O) groups excluding carboxylic acids is 2. The molecule has 26 heavy (non-hydrogen) atoms. The van der Waals surface area contributed by atoms with Crippen molar-refractivity contribution in [2.75, 3.05) is 0 Å². The quantitative estimate of drug-likeness (QED) is 0.183. The Morgan fingerprint density at radius 2 is 1.08 bits per heavy atom. The number of unbranched alkanes of at least 4 members (excludes halogenated alkanes) is 14. The number of ether oxygens (including phenoxy) is 1. The van der Waals surface area contributed by atoms with Crippen molar-refractivity contribution in [2.45, 2.75) is 123 Å². The molecule has 1 N–H and O–H groups in total. The number of esters is 2. The van der Waals surface area contributed by atoms with Crippen LogP contribution in [0.1, 0.15) is 117 Å². The van der Waals surface area contributed by atoms with Gasteiger partial charge in [0.1, 0.15) is 6.10 Å². The Kier molecular flexibility index (Phi) is 23.3. The number of aliphatic hydroxyl groups excluding tert-OH is 1. The van der Waals surface area contributed by atoms with E-state index in [0.717, 1.165) is 19.3 Å². The van der Waals surface area contributed by atoms with Crippen LogP contribution in [0.2, 0.25) is 0 Å². The standard InChI is InChI=1S/C21H40O4.Na/c1-3-4-5-6-7-8-9-10-11-12-13-14-15-16-17-18-20(23)25-21(24)19(2)22;/h19,22H,3-18H2,1-2H3;/q;+1. The molecule has 0 fully saturated rings. The van der Waals surface area contributed by atoms with Gasteiger partial charge in [-0.05, 0) is 13.3 Å². The molecule has 0 aromatic rings. The predicted octanol–water partition coefficient (Wildman–Crippen LogP) is 2.70. The van der Waals surface area contributed by atoms with E-state index in [4.69, 9.17) is 5.11 Å². The summed E-state index contributed by atoms with van der Waals surface area (Å²) in [5.41, 5.74) is 0. The van der Waals surface area contributed by atoms with Gasteiger partial charge in [-0.3, -0.25) is 4.79 Å². The molecule has 0 aliphatic carbocycles. The summed E-state index contributed by atoms with van der Waals surface area (Å²) in [4.78, 5) is 22.4. The SMILES string of the molecule is CCCCCCCCCCCCCCCCCC(=O)OC(=O)C(C)O.[Na+]. The molecule has 0 bridgehead atoms. The second-order valence-corrected chi connectivity index (χ2v) is 7.17. The maximum Gasteiger partial charge on any atom is 1.00 e. The molecule has 1 unspecified atom stereocenters. The van der Waals surface area contributed by atoms with Crippen LogP contribution in [0.4, 0.5) is 0 Å². The van der Waals surface area contributed by atoms with Crippen molar-refractivity contribution in [3.8, 4) is 0 Å². The fourth-order valence-electron chi connectivity index (χ4n) is 2.89. The van der Waals surface area contributed by atoms with Gasteiger partial charge in [-0.2, -0.15) is 0 Å². The normalized spacial score (nSPS) is 11.7. The topological polar surface area (TPSA) is 63.6 Å². The zero-order chi connectivity index (χ0) is 18.8. The second-order valence-electron chi connectivity index (χ2n) is 7.17. The third-order valence-electron chi connectivity index (χ3n) is 4.54. The molecule has 0 saturated carbocycles. The molecule has 0 radical (unpaired) electrons. The van der Waals surface area contributed by atoms with Crippen LogP contribution < -0.4 is 29.6 Å². The summed E-state index contributed by atoms with van der Waals surface area (Å²) in [6, 6.07) is 0. The van der Waals surface area contributed by atoms with Gasteiger partial charge in [0.15, 0.2) is 0 Å². The minimum atomic E-state index is -1.23. The first-order valence-electron chi connectivity index (χ1n) is 10.5. The van der Waals surface area contributed by atoms with E-state index < -0.39 is 18.0 Å². The Bertz CT molecular complexity index is 332. The van der Waals surface area contributed by atoms with Gasteiger partial charge in [-0.1, -0.05) is 96.8 Å². The minimum Gasteiger partial charge on any atom is -0.391 e. The Hall–Kier alpha value is 0.1000. The Balaban J connectivity index is 0. The minimum absolute atomic E-state index is 0. The van der Waals surface area contributed by atoms with E-state index >= 15 is 0 Å². The van der Waals surface area contributed by atoms with Gasteiger partial charge in [0.05, 0.1) is 0 Å². The molecular formula is C21H40NaO4+. The summed E-state index contributed by atoms with van der Waals surface area (Å²) >= 11 is 0. The zero-order valence-electron chi connectivity index (χ0n) is 17.6. The van der Waals surface area contributed by atoms with Crippen LogP contribution in [0.5, 0.6) is 0 Å². The first kappa shape index (κ1) is 28.3. The van der Waals surface area contributed by atoms with Crippen LogP contribution in [-0.2, 0) is 14.3 Å². The number of rotatable bonds is 17. The first-order valence-corrected chi connectivity index (χ1v) is 10.5. The summed E-state index contributed by atoms with van der Waals surface area (Å²) in [6.45, 7) is 3.55. The van der Waals surface area contributed by atoms with Gasteiger partial charge in [0.2, 0.25) is 0 Å². The maximum absolute atomic E-state index is 11.3. The monoisotopic (exact) mass is 379 g/mol. The second kappa shape index (κ2) is 21.4. The van der Waals surface area contributed by atoms with Gasteiger partial charge in [0, 0.05) is 6.42 Å². The molecule has 0 aliphatic rings. The van der Waals surface area contributed by atoms with Crippen molar-refractivity contribution in [1.82, 2.24) is 0 Å². The summed E-state index contributed by atoms with van der Waals surface area (Å²) in [5.74, 6) is -1.38. The fraction of sp³-hybridized carbons (Fsp3) is 0.905. The number of carbonyl (C=O) groups is 2. The van der Waals surface area contributed by atoms with Crippen molar-refractivity contribution in [2.24, 2.45) is 0 Å². The van der Waals surface area contributed by atoms with Crippen LogP contribution >= 0.6 is 0 Å². The van der Waals surface area contributed by atoms with Crippen molar-refractivity contribution in [1.29, 1.82) is 0 Å². The molecule has 5 heteroatoms. The fourth-order valence-corrected chi connectivity index (χ4v) is 2.89. The number of hydrogen-bond acceptors (Lipinski definition) is 4. The third-order valence-corrected chi connectivity index (χ3v) is 4.54. The van der Waals surface area contributed by atoms with Gasteiger partial charge in [-0.15, -0.1) is 0 Å². The van der Waals surface area contributed by atoms with E-state index in [1.165, 1.54) is 84.0 Å². The molecule has 0 aromatic carbocycles. The van der Waals surface area contributed by atoms with Gasteiger partial charge < -0.3 is 9.84 Å². The van der Waals surface area contributed by atoms with E-state index in [1.807, 2.05) is 0 Å². The molecule has 0 aromatic heterocycles. The largest absolute Gasteiger partial charge is 1.00 e. The Morgan fingerprint density at radius 3 is 1.42 bits per heavy atom. The van der Waals surface area contributed by atoms with Gasteiger partial charge in [-0.25, -0.2) is 4.79 Å². The molecule has 0 heterocycles. The smallest absolute Gasteiger partial charge is 0.391 e.